The van der Waals surface area contributed by atoms with Crippen LogP contribution in [0.1, 0.15) is 46.0 Å². The van der Waals surface area contributed by atoms with E-state index in [0.29, 0.717) is 10.7 Å². The Morgan fingerprint density at radius 2 is 1.69 bits per heavy atom. The molecule has 3 aromatic rings. The fourth-order valence-corrected chi connectivity index (χ4v) is 4.64. The van der Waals surface area contributed by atoms with Crippen molar-refractivity contribution in [3.8, 4) is 0 Å². The molecule has 1 aromatic heterocycles. The van der Waals surface area contributed by atoms with Gasteiger partial charge in [-0.25, -0.2) is 0 Å². The second kappa shape index (κ2) is 8.51. The number of carbonyl (C=O) groups is 4. The summed E-state index contributed by atoms with van der Waals surface area (Å²) in [5.41, 5.74) is 2.41. The van der Waals surface area contributed by atoms with Crippen LogP contribution >= 0.6 is 11.3 Å². The zero-order valence-corrected chi connectivity index (χ0v) is 18.6. The van der Waals surface area contributed by atoms with Gasteiger partial charge < -0.3 is 9.30 Å². The molecule has 9 heteroatoms. The molecule has 0 saturated carbocycles. The van der Waals surface area contributed by atoms with Crippen LogP contribution in [0, 0.1) is 0 Å². The lowest BCUT2D eigenvalue weighted by atomic mass is 10.0. The topological polar surface area (TPSA) is 98.0 Å². The van der Waals surface area contributed by atoms with E-state index in [1.807, 2.05) is 18.2 Å². The molecule has 0 atom stereocenters. The van der Waals surface area contributed by atoms with Crippen LogP contribution in [0.3, 0.4) is 0 Å². The Balaban J connectivity index is 1.70. The average Bonchev–Trinajstić information content (AvgIpc) is 3.23. The van der Waals surface area contributed by atoms with E-state index >= 15 is 0 Å². The second-order valence-electron chi connectivity index (χ2n) is 7.68. The van der Waals surface area contributed by atoms with Gasteiger partial charge in [0.15, 0.2) is 4.80 Å². The summed E-state index contributed by atoms with van der Waals surface area (Å²) in [6.45, 7) is 3.56. The summed E-state index contributed by atoms with van der Waals surface area (Å²) >= 11 is 1.26. The lowest BCUT2D eigenvalue weighted by Crippen LogP contribution is -2.35. The molecule has 0 spiro atoms. The molecule has 0 unspecified atom stereocenters. The van der Waals surface area contributed by atoms with Crippen molar-refractivity contribution >= 4 is 45.2 Å². The molecule has 0 bridgehead atoms. The van der Waals surface area contributed by atoms with E-state index in [-0.39, 0.29) is 17.7 Å². The van der Waals surface area contributed by atoms with E-state index in [1.54, 1.807) is 28.8 Å². The van der Waals surface area contributed by atoms with Crippen molar-refractivity contribution in [2.45, 2.75) is 26.3 Å². The Morgan fingerprint density at radius 3 is 2.28 bits per heavy atom. The Kier molecular flexibility index (Phi) is 5.75. The highest BCUT2D eigenvalue weighted by Gasteiger charge is 2.36. The molecule has 2 heterocycles. The van der Waals surface area contributed by atoms with Crippen molar-refractivity contribution in [1.29, 1.82) is 0 Å². The number of ether oxygens (including phenoxy) is 1. The van der Waals surface area contributed by atoms with Gasteiger partial charge in [0.05, 0.1) is 28.5 Å². The average molecular weight is 452 g/mol. The molecule has 1 aliphatic heterocycles. The van der Waals surface area contributed by atoms with Gasteiger partial charge in [-0.3, -0.25) is 24.1 Å². The number of aromatic nitrogens is 1. The molecular weight excluding hydrogens is 430 g/mol. The maximum absolute atomic E-state index is 12.7. The molecule has 1 aliphatic rings. The first-order valence-corrected chi connectivity index (χ1v) is 10.8. The number of rotatable bonds is 5. The zero-order chi connectivity index (χ0) is 23.0. The SMILES string of the molecule is COC(=O)Cn1c(=NC(=O)CN2C(=O)c3ccccc3C2=O)sc2cc(C(C)C)ccc21. The van der Waals surface area contributed by atoms with Crippen LogP contribution < -0.4 is 4.80 Å². The molecule has 0 saturated heterocycles. The number of carbonyl (C=O) groups excluding carboxylic acids is 4. The normalized spacial score (nSPS) is 13.9. The van der Waals surface area contributed by atoms with E-state index in [2.05, 4.69) is 18.8 Å². The minimum absolute atomic E-state index is 0.114. The van der Waals surface area contributed by atoms with E-state index < -0.39 is 30.2 Å². The highest BCUT2D eigenvalue weighted by molar-refractivity contribution is 7.16. The van der Waals surface area contributed by atoms with Crippen LogP contribution in [0.25, 0.3) is 10.2 Å². The van der Waals surface area contributed by atoms with Gasteiger partial charge in [-0.15, -0.1) is 0 Å². The molecule has 8 nitrogen and oxygen atoms in total. The van der Waals surface area contributed by atoms with Crippen LogP contribution in [0.5, 0.6) is 0 Å². The molecule has 0 radical (unpaired) electrons. The Labute approximate surface area is 187 Å². The fraction of sp³-hybridized carbons (Fsp3) is 0.261. The fourth-order valence-electron chi connectivity index (χ4n) is 3.54. The van der Waals surface area contributed by atoms with Gasteiger partial charge in [-0.1, -0.05) is 43.4 Å². The molecule has 32 heavy (non-hydrogen) atoms. The molecule has 4 rings (SSSR count). The Bertz CT molecular complexity index is 1300. The molecule has 3 amide bonds. The van der Waals surface area contributed by atoms with Crippen LogP contribution in [-0.4, -0.2) is 46.8 Å². The smallest absolute Gasteiger partial charge is 0.325 e. The third-order valence-corrected chi connectivity index (χ3v) is 6.32. The number of amides is 3. The van der Waals surface area contributed by atoms with Gasteiger partial charge in [0.1, 0.15) is 13.1 Å². The van der Waals surface area contributed by atoms with E-state index in [4.69, 9.17) is 4.74 Å². The lowest BCUT2D eigenvalue weighted by molar-refractivity contribution is -0.141. The molecular formula is C23H21N3O5S. The molecule has 0 aliphatic carbocycles. The van der Waals surface area contributed by atoms with E-state index in [1.165, 1.54) is 18.4 Å². The van der Waals surface area contributed by atoms with E-state index in [0.717, 1.165) is 20.7 Å². The number of hydrogen-bond acceptors (Lipinski definition) is 6. The molecule has 2 aromatic carbocycles. The quantitative estimate of drug-likeness (QED) is 0.439. The number of hydrogen-bond donors (Lipinski definition) is 0. The summed E-state index contributed by atoms with van der Waals surface area (Å²) in [5.74, 6) is -1.86. The van der Waals surface area contributed by atoms with Crippen LogP contribution in [0.4, 0.5) is 0 Å². The van der Waals surface area contributed by atoms with Gasteiger partial charge >= 0.3 is 5.97 Å². The summed E-state index contributed by atoms with van der Waals surface area (Å²) in [6.07, 6.45) is 0. The maximum atomic E-state index is 12.7. The monoisotopic (exact) mass is 451 g/mol. The van der Waals surface area contributed by atoms with Crippen molar-refractivity contribution in [1.82, 2.24) is 9.47 Å². The summed E-state index contributed by atoms with van der Waals surface area (Å²) < 4.78 is 7.26. The van der Waals surface area contributed by atoms with Crippen molar-refractivity contribution < 1.29 is 23.9 Å². The van der Waals surface area contributed by atoms with Crippen LogP contribution in [-0.2, 0) is 20.9 Å². The van der Waals surface area contributed by atoms with Crippen LogP contribution in [0.15, 0.2) is 47.5 Å². The highest BCUT2D eigenvalue weighted by atomic mass is 32.1. The molecule has 164 valence electrons. The summed E-state index contributed by atoms with van der Waals surface area (Å²) in [7, 11) is 1.29. The van der Waals surface area contributed by atoms with Crippen molar-refractivity contribution in [2.24, 2.45) is 4.99 Å². The van der Waals surface area contributed by atoms with Crippen molar-refractivity contribution in [3.05, 3.63) is 64.0 Å². The maximum Gasteiger partial charge on any atom is 0.325 e. The largest absolute Gasteiger partial charge is 0.468 e. The summed E-state index contributed by atoms with van der Waals surface area (Å²) in [5, 5.41) is 0. The molecule has 0 fully saturated rings. The Hall–Kier alpha value is -3.59. The predicted octanol–water partition coefficient (Wildman–Crippen LogP) is 2.72. The minimum Gasteiger partial charge on any atom is -0.468 e. The first kappa shape index (κ1) is 21.6. The van der Waals surface area contributed by atoms with E-state index in [9.17, 15) is 19.2 Å². The Morgan fingerprint density at radius 1 is 1.03 bits per heavy atom. The third kappa shape index (κ3) is 3.87. The number of thiazole rings is 1. The summed E-state index contributed by atoms with van der Waals surface area (Å²) in [6, 6.07) is 12.3. The first-order chi connectivity index (χ1) is 15.3. The second-order valence-corrected chi connectivity index (χ2v) is 8.69. The number of methoxy groups -OCH3 is 1. The highest BCUT2D eigenvalue weighted by Crippen LogP contribution is 2.24. The van der Waals surface area contributed by atoms with Gasteiger partial charge in [-0.05, 0) is 35.7 Å². The predicted molar refractivity (Wildman–Crippen MR) is 118 cm³/mol. The number of imide groups is 1. The van der Waals surface area contributed by atoms with Crippen molar-refractivity contribution in [3.63, 3.8) is 0 Å². The van der Waals surface area contributed by atoms with Crippen molar-refractivity contribution in [2.75, 3.05) is 13.7 Å². The van der Waals surface area contributed by atoms with Crippen LogP contribution in [0.2, 0.25) is 0 Å². The standard InChI is InChI=1S/C23H21N3O5S/c1-13(2)14-8-9-17-18(10-14)32-23(25(17)12-20(28)31-3)24-19(27)11-26-21(29)15-6-4-5-7-16(15)22(26)30/h4-10,13H,11-12H2,1-3H3. The zero-order valence-electron chi connectivity index (χ0n) is 17.8. The van der Waals surface area contributed by atoms with Gasteiger partial charge in [-0.2, -0.15) is 4.99 Å². The third-order valence-electron chi connectivity index (χ3n) is 5.28. The number of nitrogens with zero attached hydrogens (tertiary/aromatic N) is 3. The minimum atomic E-state index is -0.659. The lowest BCUT2D eigenvalue weighted by Gasteiger charge is -2.10. The number of esters is 1. The van der Waals surface area contributed by atoms with Gasteiger partial charge in [0, 0.05) is 0 Å². The number of benzene rings is 2. The number of fused-ring (bicyclic) bond motifs is 2. The molecule has 0 N–H and O–H groups in total. The van der Waals surface area contributed by atoms with Gasteiger partial charge in [0.25, 0.3) is 17.7 Å². The summed E-state index contributed by atoms with van der Waals surface area (Å²) in [4.78, 5) is 55.1. The van der Waals surface area contributed by atoms with Gasteiger partial charge in [0.2, 0.25) is 0 Å². The first-order valence-electron chi connectivity index (χ1n) is 10.0.